The molecule has 2 heterocycles. The minimum atomic E-state index is -0.0855. The summed E-state index contributed by atoms with van der Waals surface area (Å²) in [5.41, 5.74) is 6.06. The molecular weight excluding hydrogens is 304 g/mol. The molecule has 0 saturated heterocycles. The number of nitrogen functional groups attached to an aromatic ring is 1. The number of thiophene rings is 1. The Hall–Kier alpha value is -1.34. The van der Waals surface area contributed by atoms with E-state index in [1.165, 1.54) is 10.9 Å². The average molecular weight is 315 g/mol. The SMILES string of the molecule is Nc1cnn(CC(=O)NCc2ccc(Br)s2)c1. The number of rotatable bonds is 4. The Morgan fingerprint density at radius 1 is 1.59 bits per heavy atom. The van der Waals surface area contributed by atoms with Crippen LogP contribution in [0.1, 0.15) is 4.88 Å². The second-order valence-electron chi connectivity index (χ2n) is 3.45. The molecule has 0 aliphatic rings. The van der Waals surface area contributed by atoms with Crippen molar-refractivity contribution in [1.29, 1.82) is 0 Å². The zero-order chi connectivity index (χ0) is 12.3. The fraction of sp³-hybridized carbons (Fsp3) is 0.200. The summed E-state index contributed by atoms with van der Waals surface area (Å²) in [4.78, 5) is 12.7. The molecule has 2 rings (SSSR count). The first-order valence-corrected chi connectivity index (χ1v) is 6.53. The molecule has 7 heteroatoms. The van der Waals surface area contributed by atoms with Crippen LogP contribution in [0.5, 0.6) is 0 Å². The molecule has 3 N–H and O–H groups in total. The lowest BCUT2D eigenvalue weighted by Crippen LogP contribution is -2.26. The molecule has 17 heavy (non-hydrogen) atoms. The van der Waals surface area contributed by atoms with Crippen LogP contribution in [0.2, 0.25) is 0 Å². The van der Waals surface area contributed by atoms with E-state index < -0.39 is 0 Å². The first-order valence-electron chi connectivity index (χ1n) is 4.92. The van der Waals surface area contributed by atoms with Crippen molar-refractivity contribution in [2.75, 3.05) is 5.73 Å². The van der Waals surface area contributed by atoms with Crippen LogP contribution < -0.4 is 11.1 Å². The molecule has 0 aliphatic heterocycles. The normalized spacial score (nSPS) is 10.4. The highest BCUT2D eigenvalue weighted by atomic mass is 79.9. The van der Waals surface area contributed by atoms with Gasteiger partial charge in [-0.3, -0.25) is 9.48 Å². The van der Waals surface area contributed by atoms with Gasteiger partial charge in [0.25, 0.3) is 0 Å². The zero-order valence-electron chi connectivity index (χ0n) is 8.89. The summed E-state index contributed by atoms with van der Waals surface area (Å²) in [6, 6.07) is 3.93. The molecule has 0 fully saturated rings. The maximum absolute atomic E-state index is 11.6. The van der Waals surface area contributed by atoms with Gasteiger partial charge in [0.05, 0.1) is 22.2 Å². The van der Waals surface area contributed by atoms with E-state index in [0.29, 0.717) is 12.2 Å². The van der Waals surface area contributed by atoms with Crippen molar-refractivity contribution in [3.05, 3.63) is 33.2 Å². The molecule has 0 aromatic carbocycles. The minimum absolute atomic E-state index is 0.0855. The van der Waals surface area contributed by atoms with Gasteiger partial charge in [0, 0.05) is 11.1 Å². The third-order valence-corrected chi connectivity index (χ3v) is 3.67. The fourth-order valence-corrected chi connectivity index (χ4v) is 2.72. The summed E-state index contributed by atoms with van der Waals surface area (Å²) in [5.74, 6) is -0.0855. The molecule has 0 aliphatic carbocycles. The number of nitrogens with zero attached hydrogens (tertiary/aromatic N) is 2. The number of aromatic nitrogens is 2. The van der Waals surface area contributed by atoms with Crippen LogP contribution in [0.25, 0.3) is 0 Å². The Balaban J connectivity index is 1.82. The van der Waals surface area contributed by atoms with E-state index >= 15 is 0 Å². The van der Waals surface area contributed by atoms with Crippen LogP contribution in [-0.4, -0.2) is 15.7 Å². The highest BCUT2D eigenvalue weighted by Crippen LogP contribution is 2.21. The lowest BCUT2D eigenvalue weighted by Gasteiger charge is -2.03. The smallest absolute Gasteiger partial charge is 0.242 e. The number of nitrogens with two attached hydrogens (primary N) is 1. The minimum Gasteiger partial charge on any atom is -0.396 e. The number of amides is 1. The quantitative estimate of drug-likeness (QED) is 0.900. The summed E-state index contributed by atoms with van der Waals surface area (Å²) in [5, 5.41) is 6.76. The van der Waals surface area contributed by atoms with E-state index in [4.69, 9.17) is 5.73 Å². The third-order valence-electron chi connectivity index (χ3n) is 2.05. The Kier molecular flexibility index (Phi) is 3.80. The number of anilines is 1. The van der Waals surface area contributed by atoms with Crippen molar-refractivity contribution < 1.29 is 4.79 Å². The highest BCUT2D eigenvalue weighted by molar-refractivity contribution is 9.11. The topological polar surface area (TPSA) is 72.9 Å². The van der Waals surface area contributed by atoms with Gasteiger partial charge in [0.1, 0.15) is 6.54 Å². The van der Waals surface area contributed by atoms with E-state index in [0.717, 1.165) is 8.66 Å². The van der Waals surface area contributed by atoms with Crippen molar-refractivity contribution >= 4 is 38.9 Å². The average Bonchev–Trinajstić information content (AvgIpc) is 2.85. The number of hydrogen-bond acceptors (Lipinski definition) is 4. The largest absolute Gasteiger partial charge is 0.396 e. The number of hydrogen-bond donors (Lipinski definition) is 2. The monoisotopic (exact) mass is 314 g/mol. The van der Waals surface area contributed by atoms with Gasteiger partial charge in [-0.1, -0.05) is 0 Å². The van der Waals surface area contributed by atoms with Gasteiger partial charge in [-0.25, -0.2) is 0 Å². The van der Waals surface area contributed by atoms with Crippen molar-refractivity contribution in [1.82, 2.24) is 15.1 Å². The molecule has 0 spiro atoms. The van der Waals surface area contributed by atoms with Crippen LogP contribution in [-0.2, 0) is 17.9 Å². The second-order valence-corrected chi connectivity index (χ2v) is 6.00. The number of nitrogens with one attached hydrogen (secondary N) is 1. The van der Waals surface area contributed by atoms with Gasteiger partial charge >= 0.3 is 0 Å². The van der Waals surface area contributed by atoms with E-state index in [2.05, 4.69) is 26.3 Å². The summed E-state index contributed by atoms with van der Waals surface area (Å²) in [6.45, 7) is 0.718. The van der Waals surface area contributed by atoms with Gasteiger partial charge in [0.2, 0.25) is 5.91 Å². The molecule has 0 atom stereocenters. The molecule has 1 amide bonds. The van der Waals surface area contributed by atoms with Gasteiger partial charge in [-0.2, -0.15) is 5.10 Å². The first kappa shape index (κ1) is 12.1. The molecule has 2 aromatic heterocycles. The van der Waals surface area contributed by atoms with Gasteiger partial charge in [0.15, 0.2) is 0 Å². The van der Waals surface area contributed by atoms with Crippen LogP contribution in [0, 0.1) is 0 Å². The van der Waals surface area contributed by atoms with E-state index in [9.17, 15) is 4.79 Å². The number of halogens is 1. The molecule has 0 radical (unpaired) electrons. The maximum atomic E-state index is 11.6. The van der Waals surface area contributed by atoms with Crippen molar-refractivity contribution in [3.8, 4) is 0 Å². The van der Waals surface area contributed by atoms with Crippen LogP contribution >= 0.6 is 27.3 Å². The van der Waals surface area contributed by atoms with Gasteiger partial charge in [-0.05, 0) is 28.1 Å². The summed E-state index contributed by atoms with van der Waals surface area (Å²) in [6.07, 6.45) is 3.14. The van der Waals surface area contributed by atoms with Gasteiger partial charge < -0.3 is 11.1 Å². The highest BCUT2D eigenvalue weighted by Gasteiger charge is 2.04. The summed E-state index contributed by atoms with van der Waals surface area (Å²) in [7, 11) is 0. The zero-order valence-corrected chi connectivity index (χ0v) is 11.3. The van der Waals surface area contributed by atoms with E-state index in [-0.39, 0.29) is 12.5 Å². The molecule has 0 saturated carbocycles. The fourth-order valence-electron chi connectivity index (χ4n) is 1.30. The summed E-state index contributed by atoms with van der Waals surface area (Å²) < 4.78 is 2.57. The van der Waals surface area contributed by atoms with Crippen molar-refractivity contribution in [3.63, 3.8) is 0 Å². The number of carbonyl (C=O) groups is 1. The first-order chi connectivity index (χ1) is 8.13. The maximum Gasteiger partial charge on any atom is 0.242 e. The van der Waals surface area contributed by atoms with E-state index in [1.54, 1.807) is 17.5 Å². The standard InChI is InChI=1S/C10H11BrN4OS/c11-9-2-1-8(17-9)4-13-10(16)6-15-5-7(12)3-14-15/h1-3,5H,4,6,12H2,(H,13,16). The lowest BCUT2D eigenvalue weighted by molar-refractivity contribution is -0.122. The molecule has 0 bridgehead atoms. The Labute approximate surface area is 111 Å². The van der Waals surface area contributed by atoms with Crippen LogP contribution in [0.4, 0.5) is 5.69 Å². The predicted octanol–water partition coefficient (Wildman–Crippen LogP) is 1.61. The van der Waals surface area contributed by atoms with Crippen molar-refractivity contribution in [2.45, 2.75) is 13.1 Å². The van der Waals surface area contributed by atoms with E-state index in [1.807, 2.05) is 12.1 Å². The van der Waals surface area contributed by atoms with Crippen LogP contribution in [0.15, 0.2) is 28.3 Å². The second kappa shape index (κ2) is 5.33. The molecule has 0 unspecified atom stereocenters. The van der Waals surface area contributed by atoms with Gasteiger partial charge in [-0.15, -0.1) is 11.3 Å². The Bertz CT molecular complexity index is 522. The molecule has 2 aromatic rings. The Morgan fingerprint density at radius 3 is 3.00 bits per heavy atom. The third kappa shape index (κ3) is 3.57. The van der Waals surface area contributed by atoms with Crippen molar-refractivity contribution in [2.24, 2.45) is 0 Å². The lowest BCUT2D eigenvalue weighted by atomic mass is 10.4. The molecule has 5 nitrogen and oxygen atoms in total. The van der Waals surface area contributed by atoms with Crippen LogP contribution in [0.3, 0.4) is 0 Å². The molecule has 90 valence electrons. The molecular formula is C10H11BrN4OS. The summed E-state index contributed by atoms with van der Waals surface area (Å²) >= 11 is 4.97. The predicted molar refractivity (Wildman–Crippen MR) is 70.5 cm³/mol. The Morgan fingerprint density at radius 2 is 2.41 bits per heavy atom. The number of carbonyl (C=O) groups excluding carboxylic acids is 1.